The molecule has 0 unspecified atom stereocenters. The van der Waals surface area contributed by atoms with Gasteiger partial charge in [0.25, 0.3) is 0 Å². The van der Waals surface area contributed by atoms with Crippen LogP contribution in [-0.2, 0) is 10.8 Å². The maximum absolute atomic E-state index is 10.8. The third-order valence-electron chi connectivity index (χ3n) is 10.3. The molecule has 1 nitrogen and oxygen atoms in total. The van der Waals surface area contributed by atoms with Crippen LogP contribution < -0.4 is 0 Å². The molecule has 0 aromatic heterocycles. The van der Waals surface area contributed by atoms with E-state index in [0.29, 0.717) is 5.75 Å². The third kappa shape index (κ3) is 19.9. The first-order chi connectivity index (χ1) is 20.7. The first-order valence-electron chi connectivity index (χ1n) is 19.6. The molecule has 0 aliphatic carbocycles. The van der Waals surface area contributed by atoms with E-state index in [1.807, 2.05) is 6.07 Å². The van der Waals surface area contributed by atoms with Gasteiger partial charge in [0.2, 0.25) is 0 Å². The number of benzene rings is 1. The van der Waals surface area contributed by atoms with E-state index in [1.165, 1.54) is 179 Å². The largest absolute Gasteiger partial charge is 0.508 e. The molecular weight excluding hydrogens is 520 g/mol. The highest BCUT2D eigenvalue weighted by Gasteiger charge is 2.27. The summed E-state index contributed by atoms with van der Waals surface area (Å²) in [5.41, 5.74) is 2.73. The van der Waals surface area contributed by atoms with E-state index < -0.39 is 0 Å². The predicted molar refractivity (Wildman–Crippen MR) is 195 cm³/mol. The molecule has 0 aliphatic heterocycles. The summed E-state index contributed by atoms with van der Waals surface area (Å²) in [6.07, 6.45) is 38.9. The molecule has 1 aromatic rings. The number of rotatable bonds is 30. The van der Waals surface area contributed by atoms with E-state index in [-0.39, 0.29) is 10.8 Å². The predicted octanol–water partition coefficient (Wildman–Crippen LogP) is 14.9. The Morgan fingerprint density at radius 3 is 1.07 bits per heavy atom. The van der Waals surface area contributed by atoms with E-state index in [1.54, 1.807) is 0 Å². The van der Waals surface area contributed by atoms with Crippen LogP contribution >= 0.6 is 0 Å². The number of aromatic hydroxyl groups is 1. The minimum absolute atomic E-state index is 0.0173. The van der Waals surface area contributed by atoms with E-state index >= 15 is 0 Å². The molecule has 1 rings (SSSR count). The fourth-order valence-corrected chi connectivity index (χ4v) is 6.95. The van der Waals surface area contributed by atoms with Crippen molar-refractivity contribution in [2.45, 2.75) is 232 Å². The maximum atomic E-state index is 10.8. The Morgan fingerprint density at radius 1 is 0.419 bits per heavy atom. The van der Waals surface area contributed by atoms with Crippen LogP contribution in [0, 0.1) is 0 Å². The fourth-order valence-electron chi connectivity index (χ4n) is 6.95. The standard InChI is InChI=1S/C42H78O/c1-7-9-11-13-15-17-19-21-23-25-27-29-31-35-41(3,4)38-33-34-40(43)39(37-38)42(5,6)36-32-30-28-26-24-22-20-18-16-14-12-10-8-2/h33-34,37,43H,7-32,35-36H2,1-6H3. The molecular formula is C42H78O. The van der Waals surface area contributed by atoms with Crippen molar-refractivity contribution in [3.8, 4) is 5.75 Å². The third-order valence-corrected chi connectivity index (χ3v) is 10.3. The van der Waals surface area contributed by atoms with Gasteiger partial charge in [-0.05, 0) is 40.9 Å². The molecule has 0 spiro atoms. The van der Waals surface area contributed by atoms with Gasteiger partial charge >= 0.3 is 0 Å². The Labute approximate surface area is 271 Å². The van der Waals surface area contributed by atoms with Crippen LogP contribution in [0.4, 0.5) is 0 Å². The van der Waals surface area contributed by atoms with E-state index in [2.05, 4.69) is 53.7 Å². The van der Waals surface area contributed by atoms with Gasteiger partial charge in [0.1, 0.15) is 5.75 Å². The van der Waals surface area contributed by atoms with Crippen molar-refractivity contribution in [3.05, 3.63) is 29.3 Å². The van der Waals surface area contributed by atoms with Gasteiger partial charge in [-0.1, -0.05) is 221 Å². The van der Waals surface area contributed by atoms with Crippen molar-refractivity contribution in [2.75, 3.05) is 0 Å². The van der Waals surface area contributed by atoms with Gasteiger partial charge < -0.3 is 5.11 Å². The van der Waals surface area contributed by atoms with Crippen molar-refractivity contribution in [1.82, 2.24) is 0 Å². The summed E-state index contributed by atoms with van der Waals surface area (Å²) in [5, 5.41) is 10.8. The van der Waals surface area contributed by atoms with Crippen LogP contribution in [0.1, 0.15) is 232 Å². The smallest absolute Gasteiger partial charge is 0.119 e. The maximum Gasteiger partial charge on any atom is 0.119 e. The lowest BCUT2D eigenvalue weighted by Gasteiger charge is -2.31. The van der Waals surface area contributed by atoms with Crippen molar-refractivity contribution >= 4 is 0 Å². The van der Waals surface area contributed by atoms with Crippen molar-refractivity contribution in [2.24, 2.45) is 0 Å². The molecule has 0 heterocycles. The minimum atomic E-state index is 0.0173. The second kappa shape index (κ2) is 25.2. The topological polar surface area (TPSA) is 20.2 Å². The van der Waals surface area contributed by atoms with Crippen molar-refractivity contribution < 1.29 is 5.11 Å². The van der Waals surface area contributed by atoms with Gasteiger partial charge in [-0.25, -0.2) is 0 Å². The highest BCUT2D eigenvalue weighted by atomic mass is 16.3. The Hall–Kier alpha value is -0.980. The number of unbranched alkanes of at least 4 members (excludes halogenated alkanes) is 24. The zero-order chi connectivity index (χ0) is 31.7. The Morgan fingerprint density at radius 2 is 0.721 bits per heavy atom. The highest BCUT2D eigenvalue weighted by molar-refractivity contribution is 5.43. The molecule has 0 aliphatic rings. The van der Waals surface area contributed by atoms with Gasteiger partial charge in [-0.2, -0.15) is 0 Å². The Bertz CT molecular complexity index is 760. The van der Waals surface area contributed by atoms with Gasteiger partial charge in [0.05, 0.1) is 0 Å². The molecule has 0 saturated carbocycles. The second-order valence-corrected chi connectivity index (χ2v) is 15.5. The summed E-state index contributed by atoms with van der Waals surface area (Å²) in [5.74, 6) is 0.486. The van der Waals surface area contributed by atoms with Crippen LogP contribution in [0.5, 0.6) is 5.75 Å². The number of hydrogen-bond acceptors (Lipinski definition) is 1. The molecule has 252 valence electrons. The van der Waals surface area contributed by atoms with Crippen LogP contribution in [0.25, 0.3) is 0 Å². The molecule has 0 atom stereocenters. The highest BCUT2D eigenvalue weighted by Crippen LogP contribution is 2.39. The van der Waals surface area contributed by atoms with E-state index in [0.717, 1.165) is 12.0 Å². The zero-order valence-electron chi connectivity index (χ0n) is 30.5. The first kappa shape index (κ1) is 40.0. The molecule has 0 saturated heterocycles. The molecule has 0 amide bonds. The van der Waals surface area contributed by atoms with Crippen molar-refractivity contribution in [1.29, 1.82) is 0 Å². The number of hydrogen-bond donors (Lipinski definition) is 1. The zero-order valence-corrected chi connectivity index (χ0v) is 30.5. The quantitative estimate of drug-likeness (QED) is 0.0873. The molecule has 1 heteroatoms. The molecule has 1 N–H and O–H groups in total. The summed E-state index contributed by atoms with van der Waals surface area (Å²) in [4.78, 5) is 0. The average molecular weight is 599 g/mol. The minimum Gasteiger partial charge on any atom is -0.508 e. The fraction of sp³-hybridized carbons (Fsp3) is 0.857. The SMILES string of the molecule is CCCCCCCCCCCCCCCC(C)(C)c1ccc(O)c(C(C)(C)CCCCCCCCCCCCCCC)c1. The van der Waals surface area contributed by atoms with Crippen molar-refractivity contribution in [3.63, 3.8) is 0 Å². The summed E-state index contributed by atoms with van der Waals surface area (Å²) in [6, 6.07) is 6.50. The molecule has 0 radical (unpaired) electrons. The monoisotopic (exact) mass is 599 g/mol. The van der Waals surface area contributed by atoms with Gasteiger partial charge in [0.15, 0.2) is 0 Å². The number of phenols is 1. The Balaban J connectivity index is 2.26. The van der Waals surface area contributed by atoms with E-state index in [4.69, 9.17) is 0 Å². The molecule has 0 fully saturated rings. The lowest BCUT2D eigenvalue weighted by Crippen LogP contribution is -2.21. The Kier molecular flexibility index (Phi) is 23.5. The lowest BCUT2D eigenvalue weighted by molar-refractivity contribution is 0.399. The summed E-state index contributed by atoms with van der Waals surface area (Å²) >= 11 is 0. The molecule has 1 aromatic carbocycles. The summed E-state index contributed by atoms with van der Waals surface area (Å²) in [6.45, 7) is 14.1. The van der Waals surface area contributed by atoms with E-state index in [9.17, 15) is 5.11 Å². The van der Waals surface area contributed by atoms with Crippen LogP contribution in [0.2, 0.25) is 0 Å². The first-order valence-corrected chi connectivity index (χ1v) is 19.6. The average Bonchev–Trinajstić information content (AvgIpc) is 2.98. The normalized spacial score (nSPS) is 12.3. The molecule has 0 bridgehead atoms. The molecule has 43 heavy (non-hydrogen) atoms. The van der Waals surface area contributed by atoms with Crippen LogP contribution in [0.3, 0.4) is 0 Å². The summed E-state index contributed by atoms with van der Waals surface area (Å²) in [7, 11) is 0. The van der Waals surface area contributed by atoms with Gasteiger partial charge in [-0.15, -0.1) is 0 Å². The second-order valence-electron chi connectivity index (χ2n) is 15.5. The number of phenolic OH excluding ortho intramolecular Hbond substituents is 1. The van der Waals surface area contributed by atoms with Gasteiger partial charge in [0, 0.05) is 0 Å². The lowest BCUT2D eigenvalue weighted by atomic mass is 9.74. The van der Waals surface area contributed by atoms with Crippen LogP contribution in [-0.4, -0.2) is 5.11 Å². The summed E-state index contributed by atoms with van der Waals surface area (Å²) < 4.78 is 0. The van der Waals surface area contributed by atoms with Gasteiger partial charge in [-0.3, -0.25) is 0 Å². The van der Waals surface area contributed by atoms with Crippen LogP contribution in [0.15, 0.2) is 18.2 Å².